The Morgan fingerprint density at radius 1 is 1.07 bits per heavy atom. The molecule has 0 atom stereocenters. The number of methoxy groups -OCH3 is 1. The first-order valence-electron chi connectivity index (χ1n) is 9.31. The van der Waals surface area contributed by atoms with E-state index in [9.17, 15) is 14.4 Å². The van der Waals surface area contributed by atoms with Gasteiger partial charge in [0.2, 0.25) is 11.8 Å². The normalized spacial score (nSPS) is 10.4. The summed E-state index contributed by atoms with van der Waals surface area (Å²) < 4.78 is 5.19. The van der Waals surface area contributed by atoms with Gasteiger partial charge in [-0.05, 0) is 30.8 Å². The predicted molar refractivity (Wildman–Crippen MR) is 116 cm³/mol. The van der Waals surface area contributed by atoms with Crippen molar-refractivity contribution in [3.05, 3.63) is 59.1 Å². The van der Waals surface area contributed by atoms with Crippen LogP contribution in [0.25, 0.3) is 0 Å². The summed E-state index contributed by atoms with van der Waals surface area (Å²) in [5.74, 6) is -0.209. The van der Waals surface area contributed by atoms with Crippen LogP contribution in [0.5, 0.6) is 5.75 Å². The van der Waals surface area contributed by atoms with Crippen LogP contribution in [-0.2, 0) is 16.1 Å². The van der Waals surface area contributed by atoms with Crippen molar-refractivity contribution in [2.45, 2.75) is 13.0 Å². The highest BCUT2D eigenvalue weighted by Crippen LogP contribution is 2.27. The number of imide groups is 1. The van der Waals surface area contributed by atoms with Gasteiger partial charge in [0.1, 0.15) is 5.75 Å². The summed E-state index contributed by atoms with van der Waals surface area (Å²) in [6.45, 7) is 0.689. The van der Waals surface area contributed by atoms with Crippen molar-refractivity contribution in [3.8, 4) is 5.75 Å². The van der Waals surface area contributed by atoms with Crippen LogP contribution in [-0.4, -0.2) is 50.0 Å². The topological polar surface area (TPSA) is 99.8 Å². The zero-order valence-corrected chi connectivity index (χ0v) is 17.7. The summed E-state index contributed by atoms with van der Waals surface area (Å²) in [6, 6.07) is 13.7. The van der Waals surface area contributed by atoms with E-state index in [2.05, 4.69) is 16.0 Å². The van der Waals surface area contributed by atoms with Crippen molar-refractivity contribution >= 4 is 35.1 Å². The average Bonchev–Trinajstić information content (AvgIpc) is 2.71. The third-order valence-electron chi connectivity index (χ3n) is 4.12. The molecule has 30 heavy (non-hydrogen) atoms. The predicted octanol–water partition coefficient (Wildman–Crippen LogP) is 2.64. The fourth-order valence-electron chi connectivity index (χ4n) is 2.60. The monoisotopic (exact) mass is 432 g/mol. The molecule has 0 spiro atoms. The number of likely N-dealkylation sites (N-methyl/N-ethyl adjacent to an activating group) is 1. The number of carbonyl (C=O) groups excluding carboxylic acids is 3. The standard InChI is InChI=1S/C21H25ClN4O4/c1-26(14-20(28)24-17-12-16(22)8-9-18(17)30-2)11-10-19(27)25-21(29)23-13-15-6-4-3-5-7-15/h3-9,12H,10-11,13-14H2,1-2H3,(H,24,28)(H2,23,25,27,29). The largest absolute Gasteiger partial charge is 0.495 e. The highest BCUT2D eigenvalue weighted by Gasteiger charge is 2.13. The van der Waals surface area contributed by atoms with Crippen LogP contribution < -0.4 is 20.7 Å². The Bertz CT molecular complexity index is 877. The van der Waals surface area contributed by atoms with Crippen LogP contribution in [0.2, 0.25) is 5.02 Å². The summed E-state index contributed by atoms with van der Waals surface area (Å²) >= 11 is 5.95. The number of carbonyl (C=O) groups is 3. The number of halogens is 1. The molecule has 2 aromatic carbocycles. The van der Waals surface area contributed by atoms with Gasteiger partial charge in [-0.2, -0.15) is 0 Å². The number of urea groups is 1. The van der Waals surface area contributed by atoms with E-state index in [1.807, 2.05) is 30.3 Å². The van der Waals surface area contributed by atoms with E-state index in [-0.39, 0.29) is 18.9 Å². The lowest BCUT2D eigenvalue weighted by molar-refractivity contribution is -0.121. The van der Waals surface area contributed by atoms with Gasteiger partial charge in [0.15, 0.2) is 0 Å². The second-order valence-corrected chi connectivity index (χ2v) is 7.03. The SMILES string of the molecule is COc1ccc(Cl)cc1NC(=O)CN(C)CCC(=O)NC(=O)NCc1ccccc1. The number of amides is 4. The number of ether oxygens (including phenoxy) is 1. The Morgan fingerprint density at radius 3 is 2.50 bits per heavy atom. The number of nitrogens with one attached hydrogen (secondary N) is 3. The van der Waals surface area contributed by atoms with Crippen molar-refractivity contribution in [2.75, 3.05) is 32.6 Å². The van der Waals surface area contributed by atoms with E-state index < -0.39 is 11.9 Å². The van der Waals surface area contributed by atoms with Gasteiger partial charge >= 0.3 is 6.03 Å². The molecule has 0 aromatic heterocycles. The molecule has 0 saturated heterocycles. The van der Waals surface area contributed by atoms with E-state index in [1.54, 1.807) is 30.1 Å². The number of hydrogen-bond acceptors (Lipinski definition) is 5. The minimum Gasteiger partial charge on any atom is -0.495 e. The molecule has 2 aromatic rings. The van der Waals surface area contributed by atoms with Gasteiger partial charge in [0.05, 0.1) is 19.3 Å². The first-order valence-corrected chi connectivity index (χ1v) is 9.68. The number of hydrogen-bond donors (Lipinski definition) is 3. The number of anilines is 1. The third-order valence-corrected chi connectivity index (χ3v) is 4.35. The van der Waals surface area contributed by atoms with Gasteiger partial charge in [0, 0.05) is 24.5 Å². The molecule has 0 aliphatic heterocycles. The zero-order valence-electron chi connectivity index (χ0n) is 16.9. The maximum atomic E-state index is 12.2. The van der Waals surface area contributed by atoms with Gasteiger partial charge in [0.25, 0.3) is 0 Å². The van der Waals surface area contributed by atoms with E-state index in [4.69, 9.17) is 16.3 Å². The van der Waals surface area contributed by atoms with Crippen LogP contribution in [0.4, 0.5) is 10.5 Å². The average molecular weight is 433 g/mol. The van der Waals surface area contributed by atoms with Crippen molar-refractivity contribution < 1.29 is 19.1 Å². The van der Waals surface area contributed by atoms with Gasteiger partial charge in [-0.25, -0.2) is 4.79 Å². The molecule has 3 N–H and O–H groups in total. The van der Waals surface area contributed by atoms with Crippen LogP contribution in [0, 0.1) is 0 Å². The lowest BCUT2D eigenvalue weighted by atomic mass is 10.2. The van der Waals surface area contributed by atoms with Crippen molar-refractivity contribution in [3.63, 3.8) is 0 Å². The molecule has 9 heteroatoms. The number of rotatable bonds is 9. The Kier molecular flexibility index (Phi) is 9.11. The second kappa shape index (κ2) is 11.8. The molecule has 0 aliphatic carbocycles. The Hall–Kier alpha value is -3.10. The molecule has 0 radical (unpaired) electrons. The van der Waals surface area contributed by atoms with Gasteiger partial charge in [-0.1, -0.05) is 41.9 Å². The molecule has 0 heterocycles. The fourth-order valence-corrected chi connectivity index (χ4v) is 2.77. The Labute approximate surface area is 180 Å². The Balaban J connectivity index is 1.70. The summed E-state index contributed by atoms with van der Waals surface area (Å²) in [6.07, 6.45) is 0.0724. The Morgan fingerprint density at radius 2 is 1.80 bits per heavy atom. The maximum Gasteiger partial charge on any atom is 0.321 e. The smallest absolute Gasteiger partial charge is 0.321 e. The van der Waals surface area contributed by atoms with Crippen molar-refractivity contribution in [1.29, 1.82) is 0 Å². The van der Waals surface area contributed by atoms with E-state index >= 15 is 0 Å². The molecule has 0 aliphatic rings. The first-order chi connectivity index (χ1) is 14.4. The van der Waals surface area contributed by atoms with E-state index in [0.717, 1.165) is 5.56 Å². The first kappa shape index (κ1) is 23.2. The molecule has 160 valence electrons. The van der Waals surface area contributed by atoms with Crippen LogP contribution >= 0.6 is 11.6 Å². The summed E-state index contributed by atoms with van der Waals surface area (Å²) in [4.78, 5) is 37.6. The van der Waals surface area contributed by atoms with Crippen molar-refractivity contribution in [1.82, 2.24) is 15.5 Å². The van der Waals surface area contributed by atoms with Crippen LogP contribution in [0.3, 0.4) is 0 Å². The lowest BCUT2D eigenvalue weighted by Gasteiger charge is -2.17. The molecule has 4 amide bonds. The molecule has 0 saturated carbocycles. The molecular formula is C21H25ClN4O4. The van der Waals surface area contributed by atoms with E-state index in [1.165, 1.54) is 7.11 Å². The molecule has 2 rings (SSSR count). The fraction of sp³-hybridized carbons (Fsp3) is 0.286. The van der Waals surface area contributed by atoms with E-state index in [0.29, 0.717) is 29.5 Å². The van der Waals surface area contributed by atoms with Crippen LogP contribution in [0.15, 0.2) is 48.5 Å². The minimum absolute atomic E-state index is 0.0587. The highest BCUT2D eigenvalue weighted by atomic mass is 35.5. The number of benzene rings is 2. The molecule has 0 unspecified atom stereocenters. The van der Waals surface area contributed by atoms with Crippen molar-refractivity contribution in [2.24, 2.45) is 0 Å². The maximum absolute atomic E-state index is 12.2. The quantitative estimate of drug-likeness (QED) is 0.565. The number of nitrogens with zero attached hydrogens (tertiary/aromatic N) is 1. The summed E-state index contributed by atoms with van der Waals surface area (Å²) in [5.41, 5.74) is 1.40. The van der Waals surface area contributed by atoms with Gasteiger partial charge in [-0.15, -0.1) is 0 Å². The molecular weight excluding hydrogens is 408 g/mol. The zero-order chi connectivity index (χ0) is 21.9. The van der Waals surface area contributed by atoms with Gasteiger partial charge in [-0.3, -0.25) is 19.8 Å². The molecule has 0 bridgehead atoms. The van der Waals surface area contributed by atoms with Gasteiger partial charge < -0.3 is 15.4 Å². The summed E-state index contributed by atoms with van der Waals surface area (Å²) in [7, 11) is 3.21. The second-order valence-electron chi connectivity index (χ2n) is 6.60. The molecule has 0 fully saturated rings. The summed E-state index contributed by atoms with van der Waals surface area (Å²) in [5, 5.41) is 8.10. The van der Waals surface area contributed by atoms with Crippen LogP contribution in [0.1, 0.15) is 12.0 Å². The molecule has 8 nitrogen and oxygen atoms in total. The lowest BCUT2D eigenvalue weighted by Crippen LogP contribution is -2.40. The minimum atomic E-state index is -0.558. The highest BCUT2D eigenvalue weighted by molar-refractivity contribution is 6.31. The third kappa shape index (κ3) is 8.10.